The van der Waals surface area contributed by atoms with Gasteiger partial charge in [0.2, 0.25) is 5.82 Å². The number of hydrogen-bond acceptors (Lipinski definition) is 2. The van der Waals surface area contributed by atoms with Crippen LogP contribution in [-0.4, -0.2) is 6.61 Å². The molecule has 0 radical (unpaired) electrons. The lowest BCUT2D eigenvalue weighted by atomic mass is 9.98. The normalized spacial score (nSPS) is 11.5. The molecule has 0 aliphatic carbocycles. The standard InChI is InChI=1S/C25H23F5O2/c1-4-6-16-7-9-18(10-8-16)32-25(29,30)22-15(3)13-17(14-20(22)26)19-11-12-21(31-5-2)24(28)23(19)27/h7-14H,4-6H2,1-3H3. The smallest absolute Gasteiger partial charge is 0.429 e. The molecular formula is C25H23F5O2. The second-order valence-corrected chi connectivity index (χ2v) is 7.33. The fourth-order valence-corrected chi connectivity index (χ4v) is 3.50. The van der Waals surface area contributed by atoms with Gasteiger partial charge < -0.3 is 9.47 Å². The summed E-state index contributed by atoms with van der Waals surface area (Å²) in [5, 5.41) is 0. The molecule has 0 aliphatic heterocycles. The second-order valence-electron chi connectivity index (χ2n) is 7.33. The molecule has 3 aromatic carbocycles. The third kappa shape index (κ3) is 4.87. The summed E-state index contributed by atoms with van der Waals surface area (Å²) in [6, 6.07) is 10.5. The quantitative estimate of drug-likeness (QED) is 0.330. The van der Waals surface area contributed by atoms with Crippen LogP contribution >= 0.6 is 0 Å². The lowest BCUT2D eigenvalue weighted by Gasteiger charge is -2.21. The Kier molecular flexibility index (Phi) is 7.06. The average molecular weight is 450 g/mol. The van der Waals surface area contributed by atoms with Crippen molar-refractivity contribution in [1.82, 2.24) is 0 Å². The Balaban J connectivity index is 1.94. The van der Waals surface area contributed by atoms with Crippen LogP contribution in [0, 0.1) is 24.4 Å². The van der Waals surface area contributed by atoms with Crippen LogP contribution in [0.5, 0.6) is 11.5 Å². The van der Waals surface area contributed by atoms with Crippen molar-refractivity contribution in [3.05, 3.63) is 82.7 Å². The zero-order valence-electron chi connectivity index (χ0n) is 17.9. The van der Waals surface area contributed by atoms with E-state index in [9.17, 15) is 22.0 Å². The number of hydrogen-bond donors (Lipinski definition) is 0. The van der Waals surface area contributed by atoms with E-state index in [1.807, 2.05) is 6.92 Å². The van der Waals surface area contributed by atoms with Crippen LogP contribution in [0.4, 0.5) is 22.0 Å². The molecule has 3 aromatic rings. The minimum absolute atomic E-state index is 0.0806. The third-order valence-electron chi connectivity index (χ3n) is 4.94. The zero-order valence-corrected chi connectivity index (χ0v) is 17.9. The Morgan fingerprint density at radius 2 is 1.56 bits per heavy atom. The lowest BCUT2D eigenvalue weighted by Crippen LogP contribution is -2.25. The first-order chi connectivity index (χ1) is 15.2. The van der Waals surface area contributed by atoms with Gasteiger partial charge in [0.05, 0.1) is 6.61 Å². The monoisotopic (exact) mass is 450 g/mol. The van der Waals surface area contributed by atoms with Gasteiger partial charge in [-0.2, -0.15) is 13.2 Å². The summed E-state index contributed by atoms with van der Waals surface area (Å²) in [4.78, 5) is 0. The first-order valence-corrected chi connectivity index (χ1v) is 10.3. The molecule has 0 unspecified atom stereocenters. The van der Waals surface area contributed by atoms with E-state index in [1.165, 1.54) is 31.2 Å². The first-order valence-electron chi connectivity index (χ1n) is 10.3. The highest BCUT2D eigenvalue weighted by atomic mass is 19.3. The van der Waals surface area contributed by atoms with Crippen LogP contribution in [0.1, 0.15) is 37.0 Å². The first kappa shape index (κ1) is 23.6. The van der Waals surface area contributed by atoms with E-state index in [-0.39, 0.29) is 34.8 Å². The van der Waals surface area contributed by atoms with Gasteiger partial charge in [0, 0.05) is 5.56 Å². The highest BCUT2D eigenvalue weighted by Crippen LogP contribution is 2.38. The van der Waals surface area contributed by atoms with Crippen molar-refractivity contribution in [2.45, 2.75) is 39.7 Å². The van der Waals surface area contributed by atoms with E-state index in [1.54, 1.807) is 19.1 Å². The van der Waals surface area contributed by atoms with Crippen molar-refractivity contribution < 1.29 is 31.4 Å². The molecular weight excluding hydrogens is 427 g/mol. The molecule has 0 fully saturated rings. The highest BCUT2D eigenvalue weighted by Gasteiger charge is 2.39. The molecule has 2 nitrogen and oxygen atoms in total. The van der Waals surface area contributed by atoms with Crippen LogP contribution in [-0.2, 0) is 12.5 Å². The molecule has 0 N–H and O–H groups in total. The van der Waals surface area contributed by atoms with E-state index in [2.05, 4.69) is 0 Å². The number of rotatable bonds is 8. The van der Waals surface area contributed by atoms with Gasteiger partial charge in [-0.05, 0) is 67.3 Å². The van der Waals surface area contributed by atoms with Gasteiger partial charge >= 0.3 is 6.11 Å². The van der Waals surface area contributed by atoms with E-state index in [0.29, 0.717) is 0 Å². The molecule has 32 heavy (non-hydrogen) atoms. The fourth-order valence-electron chi connectivity index (χ4n) is 3.50. The number of halogens is 5. The Morgan fingerprint density at radius 1 is 0.875 bits per heavy atom. The molecule has 3 rings (SSSR count). The van der Waals surface area contributed by atoms with Crippen LogP contribution in [0.3, 0.4) is 0 Å². The van der Waals surface area contributed by atoms with Crippen molar-refractivity contribution in [3.63, 3.8) is 0 Å². The lowest BCUT2D eigenvalue weighted by molar-refractivity contribution is -0.187. The van der Waals surface area contributed by atoms with E-state index in [0.717, 1.165) is 30.5 Å². The number of aryl methyl sites for hydroxylation is 2. The molecule has 0 atom stereocenters. The molecule has 0 amide bonds. The summed E-state index contributed by atoms with van der Waals surface area (Å²) in [7, 11) is 0. The van der Waals surface area contributed by atoms with Gasteiger partial charge in [-0.25, -0.2) is 8.78 Å². The zero-order chi connectivity index (χ0) is 23.5. The van der Waals surface area contributed by atoms with E-state index < -0.39 is 29.1 Å². The van der Waals surface area contributed by atoms with Crippen LogP contribution in [0.15, 0.2) is 48.5 Å². The van der Waals surface area contributed by atoms with Crippen molar-refractivity contribution in [3.8, 4) is 22.6 Å². The maximum atomic E-state index is 14.8. The van der Waals surface area contributed by atoms with E-state index >= 15 is 0 Å². The Morgan fingerprint density at radius 3 is 2.16 bits per heavy atom. The third-order valence-corrected chi connectivity index (χ3v) is 4.94. The predicted molar refractivity (Wildman–Crippen MR) is 113 cm³/mol. The van der Waals surface area contributed by atoms with Gasteiger partial charge in [0.15, 0.2) is 11.6 Å². The summed E-state index contributed by atoms with van der Waals surface area (Å²) in [6.07, 6.45) is -2.26. The Hall–Kier alpha value is -3.09. The van der Waals surface area contributed by atoms with Crippen molar-refractivity contribution in [2.24, 2.45) is 0 Å². The molecule has 0 heterocycles. The number of benzene rings is 3. The molecule has 0 bridgehead atoms. The number of alkyl halides is 2. The molecule has 0 aliphatic rings. The predicted octanol–water partition coefficient (Wildman–Crippen LogP) is 7.56. The Bertz CT molecular complexity index is 1070. The fraction of sp³-hybridized carbons (Fsp3) is 0.280. The van der Waals surface area contributed by atoms with Crippen molar-refractivity contribution in [1.29, 1.82) is 0 Å². The molecule has 170 valence electrons. The van der Waals surface area contributed by atoms with Crippen LogP contribution in [0.2, 0.25) is 0 Å². The van der Waals surface area contributed by atoms with Gasteiger partial charge in [-0.15, -0.1) is 0 Å². The van der Waals surface area contributed by atoms with Crippen molar-refractivity contribution >= 4 is 0 Å². The maximum Gasteiger partial charge on any atom is 0.429 e. The minimum atomic E-state index is -3.97. The largest absolute Gasteiger partial charge is 0.491 e. The summed E-state index contributed by atoms with van der Waals surface area (Å²) in [5.74, 6) is -4.17. The summed E-state index contributed by atoms with van der Waals surface area (Å²) in [6.45, 7) is 5.01. The minimum Gasteiger partial charge on any atom is -0.491 e. The van der Waals surface area contributed by atoms with Crippen LogP contribution < -0.4 is 9.47 Å². The maximum absolute atomic E-state index is 14.8. The second kappa shape index (κ2) is 9.59. The summed E-state index contributed by atoms with van der Waals surface area (Å²) < 4.78 is 82.9. The summed E-state index contributed by atoms with van der Waals surface area (Å²) >= 11 is 0. The molecule has 7 heteroatoms. The van der Waals surface area contributed by atoms with Gasteiger partial charge in [0.25, 0.3) is 0 Å². The molecule has 0 saturated heterocycles. The average Bonchev–Trinajstić information content (AvgIpc) is 2.72. The summed E-state index contributed by atoms with van der Waals surface area (Å²) in [5.41, 5.74) is -0.510. The Labute approximate surface area is 183 Å². The van der Waals surface area contributed by atoms with Gasteiger partial charge in [-0.1, -0.05) is 31.5 Å². The molecule has 0 saturated carbocycles. The van der Waals surface area contributed by atoms with Crippen LogP contribution in [0.25, 0.3) is 11.1 Å². The topological polar surface area (TPSA) is 18.5 Å². The van der Waals surface area contributed by atoms with E-state index in [4.69, 9.17) is 9.47 Å². The number of ether oxygens (including phenoxy) is 2. The molecule has 0 spiro atoms. The van der Waals surface area contributed by atoms with Gasteiger partial charge in [0.1, 0.15) is 17.1 Å². The molecule has 0 aromatic heterocycles. The SMILES string of the molecule is CCCc1ccc(OC(F)(F)c2c(C)cc(-c3ccc(OCC)c(F)c3F)cc2F)cc1. The van der Waals surface area contributed by atoms with Gasteiger partial charge in [-0.3, -0.25) is 0 Å². The highest BCUT2D eigenvalue weighted by molar-refractivity contribution is 5.67. The van der Waals surface area contributed by atoms with Crippen molar-refractivity contribution in [2.75, 3.05) is 6.61 Å².